The number of fused-ring (bicyclic) bond motifs is 2. The summed E-state index contributed by atoms with van der Waals surface area (Å²) in [6.45, 7) is 4.37. The zero-order chi connectivity index (χ0) is 20.5. The molecule has 0 fully saturated rings. The number of aromatic nitrogens is 3. The van der Waals surface area contributed by atoms with Crippen molar-refractivity contribution in [1.29, 1.82) is 0 Å². The van der Waals surface area contributed by atoms with Crippen LogP contribution in [0.4, 0.5) is 0 Å². The first kappa shape index (κ1) is 18.7. The first-order valence-electron chi connectivity index (χ1n) is 9.31. The molecule has 4 rings (SSSR count). The summed E-state index contributed by atoms with van der Waals surface area (Å²) in [7, 11) is 0. The van der Waals surface area contributed by atoms with Crippen LogP contribution in [-0.2, 0) is 6.54 Å². The Morgan fingerprint density at radius 2 is 2.07 bits per heavy atom. The van der Waals surface area contributed by atoms with Gasteiger partial charge in [0, 0.05) is 12.7 Å². The van der Waals surface area contributed by atoms with Crippen LogP contribution >= 0.6 is 0 Å². The van der Waals surface area contributed by atoms with E-state index >= 15 is 0 Å². The van der Waals surface area contributed by atoms with Crippen LogP contribution in [-0.4, -0.2) is 27.2 Å². The average Bonchev–Trinajstić information content (AvgIpc) is 3.18. The van der Waals surface area contributed by atoms with E-state index in [-0.39, 0.29) is 35.3 Å². The molecule has 0 radical (unpaired) electrons. The minimum absolute atomic E-state index is 0.180. The first-order chi connectivity index (χ1) is 14.0. The molecule has 1 amide bonds. The molecule has 0 bridgehead atoms. The Morgan fingerprint density at radius 3 is 2.86 bits per heavy atom. The van der Waals surface area contributed by atoms with Gasteiger partial charge in [0.25, 0.3) is 11.5 Å². The van der Waals surface area contributed by atoms with Gasteiger partial charge in [-0.05, 0) is 37.1 Å². The lowest BCUT2D eigenvalue weighted by molar-refractivity contribution is 0.0939. The highest BCUT2D eigenvalue weighted by atomic mass is 16.7. The number of hydrogen-bond donors (Lipinski definition) is 2. The highest BCUT2D eigenvalue weighted by Crippen LogP contribution is 2.34. The number of rotatable bonds is 5. The van der Waals surface area contributed by atoms with Crippen molar-refractivity contribution in [2.24, 2.45) is 0 Å². The summed E-state index contributed by atoms with van der Waals surface area (Å²) < 4.78 is 12.1. The van der Waals surface area contributed by atoms with E-state index < -0.39 is 11.2 Å². The molecule has 0 saturated heterocycles. The lowest BCUT2D eigenvalue weighted by atomic mass is 10.1. The monoisotopic (exact) mass is 396 g/mol. The topological polar surface area (TPSA) is 115 Å². The van der Waals surface area contributed by atoms with E-state index in [4.69, 9.17) is 9.47 Å². The normalized spacial score (nSPS) is 13.4. The van der Waals surface area contributed by atoms with Gasteiger partial charge in [-0.2, -0.15) is 0 Å². The van der Waals surface area contributed by atoms with Crippen molar-refractivity contribution in [3.05, 3.63) is 62.4 Å². The van der Waals surface area contributed by atoms with Crippen LogP contribution in [0.3, 0.4) is 0 Å². The zero-order valence-corrected chi connectivity index (χ0v) is 16.0. The minimum Gasteiger partial charge on any atom is -0.454 e. The van der Waals surface area contributed by atoms with Gasteiger partial charge in [-0.25, -0.2) is 9.78 Å². The van der Waals surface area contributed by atoms with E-state index in [9.17, 15) is 14.4 Å². The summed E-state index contributed by atoms with van der Waals surface area (Å²) in [5, 5.41) is 3.08. The van der Waals surface area contributed by atoms with Crippen molar-refractivity contribution >= 4 is 16.9 Å². The molecular weight excluding hydrogens is 376 g/mol. The molecule has 29 heavy (non-hydrogen) atoms. The van der Waals surface area contributed by atoms with Gasteiger partial charge in [-0.15, -0.1) is 0 Å². The van der Waals surface area contributed by atoms with Gasteiger partial charge in [-0.1, -0.05) is 13.0 Å². The smallest absolute Gasteiger partial charge is 0.329 e. The van der Waals surface area contributed by atoms with Crippen molar-refractivity contribution in [2.45, 2.75) is 32.9 Å². The third kappa shape index (κ3) is 3.46. The number of nitrogens with one attached hydrogen (secondary N) is 2. The quantitative estimate of drug-likeness (QED) is 0.678. The maximum Gasteiger partial charge on any atom is 0.329 e. The molecule has 3 heterocycles. The number of aromatic amines is 1. The highest BCUT2D eigenvalue weighted by molar-refractivity contribution is 5.96. The summed E-state index contributed by atoms with van der Waals surface area (Å²) in [5.74, 6) is 0.928. The molecule has 0 aliphatic carbocycles. The standard InChI is InChI=1S/C20H20N4O5/c1-3-6-24-17-14(19(26)23-20(24)27)7-13(9-21-17)18(25)22-11(2)12-4-5-15-16(8-12)29-10-28-15/h4-5,7-9,11H,3,6,10H2,1-2H3,(H,22,25)(H,23,26,27). The Hall–Kier alpha value is -3.62. The molecule has 1 unspecified atom stereocenters. The Bertz CT molecular complexity index is 1210. The maximum absolute atomic E-state index is 12.7. The number of ether oxygens (including phenoxy) is 2. The van der Waals surface area contributed by atoms with Crippen LogP contribution in [0.2, 0.25) is 0 Å². The van der Waals surface area contributed by atoms with Crippen molar-refractivity contribution < 1.29 is 14.3 Å². The van der Waals surface area contributed by atoms with Crippen LogP contribution in [0.5, 0.6) is 11.5 Å². The predicted molar refractivity (Wildman–Crippen MR) is 105 cm³/mol. The van der Waals surface area contributed by atoms with E-state index in [1.54, 1.807) is 6.07 Å². The molecule has 0 spiro atoms. The highest BCUT2D eigenvalue weighted by Gasteiger charge is 2.18. The van der Waals surface area contributed by atoms with E-state index in [1.807, 2.05) is 26.0 Å². The van der Waals surface area contributed by atoms with Crippen molar-refractivity contribution in [3.8, 4) is 11.5 Å². The summed E-state index contributed by atoms with van der Waals surface area (Å²) in [4.78, 5) is 43.4. The molecule has 9 nitrogen and oxygen atoms in total. The van der Waals surface area contributed by atoms with Gasteiger partial charge in [0.2, 0.25) is 6.79 Å². The summed E-state index contributed by atoms with van der Waals surface area (Å²) >= 11 is 0. The molecule has 2 aromatic heterocycles. The second-order valence-electron chi connectivity index (χ2n) is 6.81. The van der Waals surface area contributed by atoms with E-state index in [2.05, 4.69) is 15.3 Å². The van der Waals surface area contributed by atoms with Crippen LogP contribution in [0.15, 0.2) is 40.1 Å². The second-order valence-corrected chi connectivity index (χ2v) is 6.81. The Kier molecular flexibility index (Phi) is 4.79. The molecular formula is C20H20N4O5. The largest absolute Gasteiger partial charge is 0.454 e. The second kappa shape index (κ2) is 7.42. The third-order valence-corrected chi connectivity index (χ3v) is 4.79. The number of carbonyl (C=O) groups is 1. The molecule has 150 valence electrons. The molecule has 1 aromatic carbocycles. The number of aryl methyl sites for hydroxylation is 1. The molecule has 1 aliphatic rings. The zero-order valence-electron chi connectivity index (χ0n) is 16.0. The fraction of sp³-hybridized carbons (Fsp3) is 0.300. The Labute approximate surface area is 165 Å². The number of benzene rings is 1. The summed E-state index contributed by atoms with van der Waals surface area (Å²) in [5.41, 5.74) is 0.276. The van der Waals surface area contributed by atoms with Gasteiger partial charge >= 0.3 is 5.69 Å². The number of amides is 1. The lowest BCUT2D eigenvalue weighted by Crippen LogP contribution is -2.31. The lowest BCUT2D eigenvalue weighted by Gasteiger charge is -2.15. The molecule has 9 heteroatoms. The Morgan fingerprint density at radius 1 is 1.28 bits per heavy atom. The third-order valence-electron chi connectivity index (χ3n) is 4.79. The fourth-order valence-corrected chi connectivity index (χ4v) is 3.27. The van der Waals surface area contributed by atoms with Crippen LogP contribution in [0.1, 0.15) is 42.2 Å². The van der Waals surface area contributed by atoms with Crippen LogP contribution in [0, 0.1) is 0 Å². The molecule has 1 aliphatic heterocycles. The number of hydrogen-bond acceptors (Lipinski definition) is 6. The van der Waals surface area contributed by atoms with Crippen molar-refractivity contribution in [3.63, 3.8) is 0 Å². The van der Waals surface area contributed by atoms with E-state index in [0.29, 0.717) is 24.5 Å². The number of carbonyl (C=O) groups excluding carboxylic acids is 1. The van der Waals surface area contributed by atoms with Gasteiger partial charge in [0.1, 0.15) is 5.65 Å². The van der Waals surface area contributed by atoms with Crippen LogP contribution in [0.25, 0.3) is 11.0 Å². The van der Waals surface area contributed by atoms with Crippen molar-refractivity contribution in [2.75, 3.05) is 6.79 Å². The minimum atomic E-state index is -0.566. The fourth-order valence-electron chi connectivity index (χ4n) is 3.27. The van der Waals surface area contributed by atoms with E-state index in [0.717, 1.165) is 5.56 Å². The average molecular weight is 396 g/mol. The van der Waals surface area contributed by atoms with Crippen molar-refractivity contribution in [1.82, 2.24) is 19.9 Å². The maximum atomic E-state index is 12.7. The predicted octanol–water partition coefficient (Wildman–Crippen LogP) is 1.71. The SMILES string of the molecule is CCCn1c(=O)[nH]c(=O)c2cc(C(=O)NC(C)c3ccc4c(c3)OCO4)cnc21. The molecule has 1 atom stereocenters. The van der Waals surface area contributed by atoms with Gasteiger partial charge in [0.05, 0.1) is 17.0 Å². The summed E-state index contributed by atoms with van der Waals surface area (Å²) in [6.07, 6.45) is 2.08. The van der Waals surface area contributed by atoms with Gasteiger partial charge < -0.3 is 14.8 Å². The van der Waals surface area contributed by atoms with Gasteiger partial charge in [0.15, 0.2) is 11.5 Å². The number of pyridine rings is 1. The van der Waals surface area contributed by atoms with E-state index in [1.165, 1.54) is 16.8 Å². The molecule has 0 saturated carbocycles. The summed E-state index contributed by atoms with van der Waals surface area (Å²) in [6, 6.07) is 6.62. The molecule has 2 N–H and O–H groups in total. The molecule has 3 aromatic rings. The number of nitrogens with zero attached hydrogens (tertiary/aromatic N) is 2. The first-order valence-corrected chi connectivity index (χ1v) is 9.31. The van der Waals surface area contributed by atoms with Crippen LogP contribution < -0.4 is 26.0 Å². The Balaban J connectivity index is 1.61. The van der Waals surface area contributed by atoms with Gasteiger partial charge in [-0.3, -0.25) is 19.1 Å². The number of H-pyrrole nitrogens is 1.